The van der Waals surface area contributed by atoms with Gasteiger partial charge in [0.05, 0.1) is 37.3 Å². The monoisotopic (exact) mass is 428 g/mol. The Kier molecular flexibility index (Phi) is 6.75. The largest absolute Gasteiger partial charge is 0.465 e. The van der Waals surface area contributed by atoms with Gasteiger partial charge in [-0.2, -0.15) is 0 Å². The smallest absolute Gasteiger partial charge is 0.338 e. The summed E-state index contributed by atoms with van der Waals surface area (Å²) in [7, 11) is 1.33. The van der Waals surface area contributed by atoms with Crippen LogP contribution >= 0.6 is 0 Å². The molecule has 32 heavy (non-hydrogen) atoms. The molecule has 0 aliphatic carbocycles. The second-order valence-electron chi connectivity index (χ2n) is 7.41. The SMILES string of the molecule is COC(=O)c1cc(N)nc(-c2ccc(C#Cc3ccc(CN4CCOCC4)nc3)cc2)c1. The van der Waals surface area contributed by atoms with Crippen LogP contribution in [-0.2, 0) is 16.0 Å². The Bertz CT molecular complexity index is 1140. The summed E-state index contributed by atoms with van der Waals surface area (Å²) in [6.07, 6.45) is 1.81. The van der Waals surface area contributed by atoms with Crippen LogP contribution in [0.5, 0.6) is 0 Å². The van der Waals surface area contributed by atoms with Gasteiger partial charge in [-0.25, -0.2) is 9.78 Å². The maximum absolute atomic E-state index is 11.8. The minimum Gasteiger partial charge on any atom is -0.465 e. The van der Waals surface area contributed by atoms with E-state index in [1.807, 2.05) is 42.6 Å². The highest BCUT2D eigenvalue weighted by molar-refractivity contribution is 5.91. The Balaban J connectivity index is 1.43. The van der Waals surface area contributed by atoms with Crippen molar-refractivity contribution in [2.45, 2.75) is 6.54 Å². The van der Waals surface area contributed by atoms with Gasteiger partial charge in [-0.05, 0) is 36.4 Å². The Morgan fingerprint density at radius 2 is 1.81 bits per heavy atom. The lowest BCUT2D eigenvalue weighted by molar-refractivity contribution is 0.0336. The van der Waals surface area contributed by atoms with E-state index in [-0.39, 0.29) is 5.82 Å². The van der Waals surface area contributed by atoms with Crippen LogP contribution in [0, 0.1) is 11.8 Å². The molecule has 4 rings (SSSR count). The Morgan fingerprint density at radius 3 is 2.50 bits per heavy atom. The zero-order valence-electron chi connectivity index (χ0n) is 17.9. The fourth-order valence-corrected chi connectivity index (χ4v) is 3.38. The number of hydrogen-bond donors (Lipinski definition) is 1. The fraction of sp³-hybridized carbons (Fsp3) is 0.240. The standard InChI is InChI=1S/C25H24N4O3/c1-31-25(30)21-14-23(28-24(26)15-21)20-7-4-18(5-8-20)2-3-19-6-9-22(27-16-19)17-29-10-12-32-13-11-29/h4-9,14-16H,10-13,17H2,1H3,(H2,26,28). The number of carbonyl (C=O) groups is 1. The van der Waals surface area contributed by atoms with E-state index in [1.165, 1.54) is 13.2 Å². The van der Waals surface area contributed by atoms with Crippen molar-refractivity contribution in [3.63, 3.8) is 0 Å². The van der Waals surface area contributed by atoms with Gasteiger partial charge in [-0.3, -0.25) is 9.88 Å². The number of morpholine rings is 1. The Labute approximate surface area is 187 Å². The predicted octanol–water partition coefficient (Wildman–Crippen LogP) is 2.74. The van der Waals surface area contributed by atoms with Gasteiger partial charge in [0.25, 0.3) is 0 Å². The van der Waals surface area contributed by atoms with Crippen molar-refractivity contribution in [3.8, 4) is 23.1 Å². The first kappa shape index (κ1) is 21.5. The lowest BCUT2D eigenvalue weighted by Crippen LogP contribution is -2.35. The molecule has 7 heteroatoms. The molecule has 1 saturated heterocycles. The zero-order chi connectivity index (χ0) is 22.3. The summed E-state index contributed by atoms with van der Waals surface area (Å²) in [5.74, 6) is 6.11. The summed E-state index contributed by atoms with van der Waals surface area (Å²) in [5.41, 5.74) is 10.4. The maximum atomic E-state index is 11.8. The number of esters is 1. The summed E-state index contributed by atoms with van der Waals surface area (Å²) < 4.78 is 10.1. The number of nitrogen functional groups attached to an aromatic ring is 1. The van der Waals surface area contributed by atoms with Crippen LogP contribution in [0.15, 0.2) is 54.7 Å². The Morgan fingerprint density at radius 1 is 1.09 bits per heavy atom. The first-order valence-corrected chi connectivity index (χ1v) is 10.3. The molecule has 1 fully saturated rings. The van der Waals surface area contributed by atoms with E-state index in [4.69, 9.17) is 15.2 Å². The lowest BCUT2D eigenvalue weighted by Gasteiger charge is -2.26. The molecule has 2 N–H and O–H groups in total. The second kappa shape index (κ2) is 10.1. The molecule has 0 saturated carbocycles. The van der Waals surface area contributed by atoms with Crippen molar-refractivity contribution in [2.75, 3.05) is 39.1 Å². The number of pyridine rings is 2. The summed E-state index contributed by atoms with van der Waals surface area (Å²) in [4.78, 5) is 23.0. The summed E-state index contributed by atoms with van der Waals surface area (Å²) >= 11 is 0. The van der Waals surface area contributed by atoms with Gasteiger partial charge in [0.15, 0.2) is 0 Å². The summed E-state index contributed by atoms with van der Waals surface area (Å²) in [6.45, 7) is 4.27. The molecule has 0 amide bonds. The van der Waals surface area contributed by atoms with Gasteiger partial charge in [0.1, 0.15) is 5.82 Å². The fourth-order valence-electron chi connectivity index (χ4n) is 3.38. The Hall–Kier alpha value is -3.73. The molecule has 3 heterocycles. The summed E-state index contributed by atoms with van der Waals surface area (Å²) in [5, 5.41) is 0. The normalized spacial score (nSPS) is 13.8. The van der Waals surface area contributed by atoms with E-state index < -0.39 is 5.97 Å². The molecular weight excluding hydrogens is 404 g/mol. The highest BCUT2D eigenvalue weighted by Crippen LogP contribution is 2.21. The highest BCUT2D eigenvalue weighted by atomic mass is 16.5. The summed E-state index contributed by atoms with van der Waals surface area (Å²) in [6, 6.07) is 14.8. The number of rotatable bonds is 4. The molecule has 2 aromatic heterocycles. The zero-order valence-corrected chi connectivity index (χ0v) is 17.9. The average molecular weight is 428 g/mol. The number of benzene rings is 1. The molecule has 0 spiro atoms. The van der Waals surface area contributed by atoms with Crippen molar-refractivity contribution >= 4 is 11.8 Å². The third kappa shape index (κ3) is 5.49. The van der Waals surface area contributed by atoms with Crippen molar-refractivity contribution in [2.24, 2.45) is 0 Å². The van der Waals surface area contributed by atoms with Crippen LogP contribution in [0.2, 0.25) is 0 Å². The first-order valence-electron chi connectivity index (χ1n) is 10.3. The van der Waals surface area contributed by atoms with Crippen LogP contribution in [0.1, 0.15) is 27.2 Å². The molecule has 1 aliphatic heterocycles. The van der Waals surface area contributed by atoms with Crippen molar-refractivity contribution in [1.29, 1.82) is 0 Å². The molecule has 0 bridgehead atoms. The van der Waals surface area contributed by atoms with Crippen LogP contribution in [-0.4, -0.2) is 54.3 Å². The molecule has 3 aromatic rings. The highest BCUT2D eigenvalue weighted by Gasteiger charge is 2.11. The maximum Gasteiger partial charge on any atom is 0.338 e. The average Bonchev–Trinajstić information content (AvgIpc) is 2.83. The minimum atomic E-state index is -0.451. The van der Waals surface area contributed by atoms with E-state index in [9.17, 15) is 4.79 Å². The van der Waals surface area contributed by atoms with Crippen molar-refractivity contribution in [3.05, 3.63) is 77.1 Å². The molecule has 1 aromatic carbocycles. The number of nitrogens with two attached hydrogens (primary N) is 1. The van der Waals surface area contributed by atoms with Crippen molar-refractivity contribution in [1.82, 2.24) is 14.9 Å². The minimum absolute atomic E-state index is 0.260. The lowest BCUT2D eigenvalue weighted by atomic mass is 10.1. The van der Waals surface area contributed by atoms with Crippen molar-refractivity contribution < 1.29 is 14.3 Å². The molecule has 0 unspecified atom stereocenters. The third-order valence-corrected chi connectivity index (χ3v) is 5.11. The molecule has 7 nitrogen and oxygen atoms in total. The molecular formula is C25H24N4O3. The van der Waals surface area contributed by atoms with E-state index >= 15 is 0 Å². The van der Waals surface area contributed by atoms with Gasteiger partial charge < -0.3 is 15.2 Å². The van der Waals surface area contributed by atoms with Gasteiger partial charge in [-0.15, -0.1) is 0 Å². The van der Waals surface area contributed by atoms with Crippen LogP contribution in [0.3, 0.4) is 0 Å². The molecule has 1 aliphatic rings. The number of hydrogen-bond acceptors (Lipinski definition) is 7. The van der Waals surface area contributed by atoms with E-state index in [1.54, 1.807) is 6.07 Å². The molecule has 0 radical (unpaired) electrons. The molecule has 0 atom stereocenters. The van der Waals surface area contributed by atoms with Gasteiger partial charge in [0.2, 0.25) is 0 Å². The van der Waals surface area contributed by atoms with Gasteiger partial charge >= 0.3 is 5.97 Å². The molecule has 162 valence electrons. The van der Waals surface area contributed by atoms with Crippen LogP contribution < -0.4 is 5.73 Å². The number of aromatic nitrogens is 2. The van der Waals surface area contributed by atoms with E-state index in [0.29, 0.717) is 11.3 Å². The van der Waals surface area contributed by atoms with Crippen LogP contribution in [0.4, 0.5) is 5.82 Å². The number of anilines is 1. The second-order valence-corrected chi connectivity index (χ2v) is 7.41. The first-order chi connectivity index (χ1) is 15.6. The quantitative estimate of drug-likeness (QED) is 0.505. The third-order valence-electron chi connectivity index (χ3n) is 5.11. The topological polar surface area (TPSA) is 90.6 Å². The van der Waals surface area contributed by atoms with Gasteiger partial charge in [0, 0.05) is 42.5 Å². The number of nitrogens with zero attached hydrogens (tertiary/aromatic N) is 3. The van der Waals surface area contributed by atoms with E-state index in [2.05, 4.69) is 26.7 Å². The number of carbonyl (C=O) groups excluding carboxylic acids is 1. The van der Waals surface area contributed by atoms with E-state index in [0.717, 1.165) is 55.2 Å². The predicted molar refractivity (Wildman–Crippen MR) is 122 cm³/mol. The van der Waals surface area contributed by atoms with Crippen LogP contribution in [0.25, 0.3) is 11.3 Å². The number of ether oxygens (including phenoxy) is 2. The number of methoxy groups -OCH3 is 1. The van der Waals surface area contributed by atoms with Gasteiger partial charge in [-0.1, -0.05) is 24.0 Å².